The summed E-state index contributed by atoms with van der Waals surface area (Å²) in [6.45, 7) is 1.22. The number of aromatic nitrogens is 4. The minimum atomic E-state index is -0.344. The van der Waals surface area contributed by atoms with Gasteiger partial charge in [0.2, 0.25) is 0 Å². The van der Waals surface area contributed by atoms with Gasteiger partial charge in [0.25, 0.3) is 5.91 Å². The van der Waals surface area contributed by atoms with Crippen molar-refractivity contribution < 1.29 is 9.53 Å². The summed E-state index contributed by atoms with van der Waals surface area (Å²) < 4.78 is 7.18. The third-order valence-corrected chi connectivity index (χ3v) is 5.62. The summed E-state index contributed by atoms with van der Waals surface area (Å²) in [5.41, 5.74) is 3.48. The van der Waals surface area contributed by atoms with Gasteiger partial charge >= 0.3 is 0 Å². The normalized spacial score (nSPS) is 16.1. The predicted molar refractivity (Wildman–Crippen MR) is 115 cm³/mol. The third kappa shape index (κ3) is 3.89. The maximum absolute atomic E-state index is 12.3. The summed E-state index contributed by atoms with van der Waals surface area (Å²) in [5.74, 6) is 1.35. The van der Waals surface area contributed by atoms with E-state index < -0.39 is 0 Å². The maximum Gasteiger partial charge on any atom is 0.253 e. The highest BCUT2D eigenvalue weighted by atomic mass is 32.1. The lowest BCUT2D eigenvalue weighted by atomic mass is 10.2. The van der Waals surface area contributed by atoms with Gasteiger partial charge in [0.15, 0.2) is 11.5 Å². The molecule has 1 fully saturated rings. The van der Waals surface area contributed by atoms with Crippen LogP contribution in [0.5, 0.6) is 0 Å². The van der Waals surface area contributed by atoms with E-state index >= 15 is 0 Å². The summed E-state index contributed by atoms with van der Waals surface area (Å²) >= 11 is 1.61. The summed E-state index contributed by atoms with van der Waals surface area (Å²) in [4.78, 5) is 12.3. The van der Waals surface area contributed by atoms with Crippen molar-refractivity contribution in [1.29, 1.82) is 0 Å². The lowest BCUT2D eigenvalue weighted by Crippen LogP contribution is -2.26. The molecule has 5 rings (SSSR count). The van der Waals surface area contributed by atoms with Crippen LogP contribution in [-0.4, -0.2) is 38.4 Å². The molecule has 1 amide bonds. The van der Waals surface area contributed by atoms with Gasteiger partial charge in [-0.05, 0) is 54.1 Å². The first-order chi connectivity index (χ1) is 14.8. The van der Waals surface area contributed by atoms with E-state index in [1.807, 2.05) is 53.2 Å². The number of hydrogen-bond donors (Lipinski definition) is 2. The average molecular weight is 420 g/mol. The molecule has 152 valence electrons. The second kappa shape index (κ2) is 8.21. The van der Waals surface area contributed by atoms with E-state index in [4.69, 9.17) is 4.74 Å². The number of hydrogen-bond acceptors (Lipinski definition) is 7. The molecule has 8 nitrogen and oxygen atoms in total. The third-order valence-electron chi connectivity index (χ3n) is 4.93. The number of anilines is 2. The quantitative estimate of drug-likeness (QED) is 0.495. The lowest BCUT2D eigenvalue weighted by molar-refractivity contribution is -0.124. The minimum absolute atomic E-state index is 0.0849. The summed E-state index contributed by atoms with van der Waals surface area (Å²) in [6.07, 6.45) is 1.36. The number of carbonyl (C=O) groups is 1. The zero-order chi connectivity index (χ0) is 20.3. The highest BCUT2D eigenvalue weighted by Crippen LogP contribution is 2.21. The van der Waals surface area contributed by atoms with Crippen LogP contribution in [0.15, 0.2) is 53.2 Å². The van der Waals surface area contributed by atoms with Gasteiger partial charge in [-0.3, -0.25) is 4.79 Å². The molecule has 1 unspecified atom stereocenters. The standard InChI is InChI=1S/C21H20N6O2S/c28-21(17-5-2-9-29-17)23-16-4-1-3-14(11-16)12-22-18-6-7-19-24-25-20(27(19)26-18)15-8-10-30-13-15/h1,3-4,6-8,10-11,13,17H,2,5,9,12H2,(H,22,26)(H,23,28). The van der Waals surface area contributed by atoms with Crippen LogP contribution in [0.1, 0.15) is 18.4 Å². The van der Waals surface area contributed by atoms with Gasteiger partial charge in [-0.2, -0.15) is 15.9 Å². The fourth-order valence-electron chi connectivity index (χ4n) is 3.41. The number of nitrogens with one attached hydrogen (secondary N) is 2. The largest absolute Gasteiger partial charge is 0.368 e. The monoisotopic (exact) mass is 420 g/mol. The Balaban J connectivity index is 1.28. The van der Waals surface area contributed by atoms with E-state index in [1.165, 1.54) is 0 Å². The second-order valence-corrected chi connectivity index (χ2v) is 7.85. The molecule has 2 N–H and O–H groups in total. The van der Waals surface area contributed by atoms with Crippen LogP contribution < -0.4 is 10.6 Å². The van der Waals surface area contributed by atoms with Crippen molar-refractivity contribution in [3.63, 3.8) is 0 Å². The van der Waals surface area contributed by atoms with Gasteiger partial charge in [0, 0.05) is 29.8 Å². The number of benzene rings is 1. The first-order valence-electron chi connectivity index (χ1n) is 9.76. The summed E-state index contributed by atoms with van der Waals surface area (Å²) in [7, 11) is 0. The Morgan fingerprint density at radius 1 is 1.23 bits per heavy atom. The number of rotatable bonds is 6. The fourth-order valence-corrected chi connectivity index (χ4v) is 4.05. The van der Waals surface area contributed by atoms with Crippen LogP contribution in [0.4, 0.5) is 11.5 Å². The van der Waals surface area contributed by atoms with Crippen molar-refractivity contribution in [2.45, 2.75) is 25.5 Å². The Morgan fingerprint density at radius 3 is 3.03 bits per heavy atom. The molecular weight excluding hydrogens is 400 g/mol. The fraction of sp³-hybridized carbons (Fsp3) is 0.238. The molecule has 0 radical (unpaired) electrons. The first kappa shape index (κ1) is 18.7. The maximum atomic E-state index is 12.3. The molecule has 3 aromatic heterocycles. The van der Waals surface area contributed by atoms with Crippen molar-refractivity contribution in [3.8, 4) is 11.4 Å². The van der Waals surface area contributed by atoms with Crippen molar-refractivity contribution in [2.75, 3.05) is 17.2 Å². The van der Waals surface area contributed by atoms with Crippen LogP contribution in [0, 0.1) is 0 Å². The average Bonchev–Trinajstić information content (AvgIpc) is 3.53. The van der Waals surface area contributed by atoms with Gasteiger partial charge in [-0.25, -0.2) is 0 Å². The number of thiophene rings is 1. The molecule has 1 atom stereocenters. The van der Waals surface area contributed by atoms with Crippen LogP contribution in [0.2, 0.25) is 0 Å². The minimum Gasteiger partial charge on any atom is -0.368 e. The van der Waals surface area contributed by atoms with Crippen LogP contribution in [-0.2, 0) is 16.1 Å². The number of nitrogens with zero attached hydrogens (tertiary/aromatic N) is 4. The second-order valence-electron chi connectivity index (χ2n) is 7.07. The Kier molecular flexibility index (Phi) is 5.12. The zero-order valence-corrected chi connectivity index (χ0v) is 16.9. The van der Waals surface area contributed by atoms with E-state index in [2.05, 4.69) is 25.9 Å². The Morgan fingerprint density at radius 2 is 2.20 bits per heavy atom. The molecule has 0 bridgehead atoms. The number of amides is 1. The molecule has 0 aliphatic carbocycles. The molecular formula is C21H20N6O2S. The Hall–Kier alpha value is -3.30. The number of fused-ring (bicyclic) bond motifs is 1. The smallest absolute Gasteiger partial charge is 0.253 e. The Labute approximate surface area is 176 Å². The van der Waals surface area contributed by atoms with Crippen molar-refractivity contribution in [2.24, 2.45) is 0 Å². The molecule has 1 aliphatic rings. The highest BCUT2D eigenvalue weighted by Gasteiger charge is 2.23. The topological polar surface area (TPSA) is 93.4 Å². The van der Waals surface area contributed by atoms with E-state index in [1.54, 1.807) is 15.9 Å². The summed E-state index contributed by atoms with van der Waals surface area (Å²) in [6, 6.07) is 13.5. The molecule has 1 aliphatic heterocycles. The molecule has 4 heterocycles. The van der Waals surface area contributed by atoms with Gasteiger partial charge in [0.1, 0.15) is 11.9 Å². The molecule has 1 aromatic carbocycles. The lowest BCUT2D eigenvalue weighted by Gasteiger charge is -2.12. The van der Waals surface area contributed by atoms with E-state index in [0.29, 0.717) is 30.4 Å². The molecule has 4 aromatic rings. The van der Waals surface area contributed by atoms with E-state index in [0.717, 1.165) is 29.7 Å². The molecule has 1 saturated heterocycles. The molecule has 0 saturated carbocycles. The van der Waals surface area contributed by atoms with Crippen LogP contribution >= 0.6 is 11.3 Å². The van der Waals surface area contributed by atoms with Gasteiger partial charge in [-0.15, -0.1) is 15.3 Å². The summed E-state index contributed by atoms with van der Waals surface area (Å²) in [5, 5.41) is 23.4. The molecule has 0 spiro atoms. The van der Waals surface area contributed by atoms with Gasteiger partial charge < -0.3 is 15.4 Å². The molecule has 9 heteroatoms. The molecule has 30 heavy (non-hydrogen) atoms. The first-order valence-corrected chi connectivity index (χ1v) is 10.7. The van der Waals surface area contributed by atoms with Crippen molar-refractivity contribution >= 4 is 34.4 Å². The van der Waals surface area contributed by atoms with Crippen LogP contribution in [0.3, 0.4) is 0 Å². The van der Waals surface area contributed by atoms with Crippen LogP contribution in [0.25, 0.3) is 17.0 Å². The van der Waals surface area contributed by atoms with Crippen molar-refractivity contribution in [3.05, 3.63) is 58.8 Å². The zero-order valence-electron chi connectivity index (χ0n) is 16.1. The SMILES string of the molecule is O=C(Nc1cccc(CNc2ccc3nnc(-c4ccsc4)n3n2)c1)C1CCCO1. The van der Waals surface area contributed by atoms with E-state index in [-0.39, 0.29) is 12.0 Å². The Bertz CT molecular complexity index is 1170. The highest BCUT2D eigenvalue weighted by molar-refractivity contribution is 7.08. The predicted octanol–water partition coefficient (Wildman–Crippen LogP) is 3.58. The van der Waals surface area contributed by atoms with Crippen molar-refractivity contribution in [1.82, 2.24) is 19.8 Å². The van der Waals surface area contributed by atoms with Gasteiger partial charge in [0.05, 0.1) is 0 Å². The number of ether oxygens (including phenoxy) is 1. The van der Waals surface area contributed by atoms with Gasteiger partial charge in [-0.1, -0.05) is 12.1 Å². The van der Waals surface area contributed by atoms with E-state index in [9.17, 15) is 4.79 Å². The number of carbonyl (C=O) groups excluding carboxylic acids is 1.